The van der Waals surface area contributed by atoms with Gasteiger partial charge in [0.05, 0.1) is 10.9 Å². The van der Waals surface area contributed by atoms with Gasteiger partial charge in [-0.25, -0.2) is 14.6 Å². The highest BCUT2D eigenvalue weighted by atomic mass is 16.4. The fourth-order valence-corrected chi connectivity index (χ4v) is 3.61. The maximum absolute atomic E-state index is 13.3. The quantitative estimate of drug-likeness (QED) is 0.795. The van der Waals surface area contributed by atoms with Crippen molar-refractivity contribution in [2.75, 3.05) is 6.54 Å². The molecule has 2 aromatic rings. The van der Waals surface area contributed by atoms with Crippen molar-refractivity contribution in [1.29, 1.82) is 0 Å². The standard InChI is InChI=1S/C19H24N4O5/c1-4-7-23-15-14(16(24)21-19(23)28)11(9-12(20-15)10(2)3)17(25)22-8-5-6-13(22)18(26)27/h9-10,13H,4-8H2,1-3H3,(H,26,27)(H,21,24,28)/t13-/m0/s1. The van der Waals surface area contributed by atoms with Gasteiger partial charge in [-0.1, -0.05) is 20.8 Å². The van der Waals surface area contributed by atoms with E-state index in [9.17, 15) is 24.3 Å². The van der Waals surface area contributed by atoms with Crippen molar-refractivity contribution in [2.24, 2.45) is 0 Å². The number of carboxylic acids is 1. The molecule has 1 aliphatic heterocycles. The predicted octanol–water partition coefficient (Wildman–Crippen LogP) is 1.31. The van der Waals surface area contributed by atoms with E-state index >= 15 is 0 Å². The second kappa shape index (κ2) is 7.57. The number of fused-ring (bicyclic) bond motifs is 1. The van der Waals surface area contributed by atoms with Gasteiger partial charge in [0.2, 0.25) is 0 Å². The number of carbonyl (C=O) groups excluding carboxylic acids is 1. The molecule has 1 atom stereocenters. The molecule has 1 amide bonds. The second-order valence-electron chi connectivity index (χ2n) is 7.35. The van der Waals surface area contributed by atoms with Crippen molar-refractivity contribution in [3.63, 3.8) is 0 Å². The maximum atomic E-state index is 13.3. The Morgan fingerprint density at radius 2 is 2.07 bits per heavy atom. The van der Waals surface area contributed by atoms with Gasteiger partial charge < -0.3 is 10.0 Å². The molecule has 0 unspecified atom stereocenters. The van der Waals surface area contributed by atoms with E-state index in [2.05, 4.69) is 9.97 Å². The van der Waals surface area contributed by atoms with Crippen molar-refractivity contribution in [3.8, 4) is 0 Å². The first-order valence-corrected chi connectivity index (χ1v) is 9.47. The number of aromatic nitrogens is 3. The van der Waals surface area contributed by atoms with Crippen LogP contribution in [0.3, 0.4) is 0 Å². The number of aryl methyl sites for hydroxylation is 1. The van der Waals surface area contributed by atoms with E-state index in [1.54, 1.807) is 6.07 Å². The summed E-state index contributed by atoms with van der Waals surface area (Å²) in [6, 6.07) is 0.626. The minimum atomic E-state index is -1.06. The fraction of sp³-hybridized carbons (Fsp3) is 0.526. The van der Waals surface area contributed by atoms with Crippen molar-refractivity contribution >= 4 is 22.9 Å². The lowest BCUT2D eigenvalue weighted by Crippen LogP contribution is -2.41. The number of hydrogen-bond donors (Lipinski definition) is 2. The molecule has 0 aliphatic carbocycles. The third kappa shape index (κ3) is 3.32. The predicted molar refractivity (Wildman–Crippen MR) is 103 cm³/mol. The number of nitrogens with one attached hydrogen (secondary N) is 1. The summed E-state index contributed by atoms with van der Waals surface area (Å²) in [5, 5.41) is 9.45. The Hall–Kier alpha value is -2.97. The second-order valence-corrected chi connectivity index (χ2v) is 7.35. The van der Waals surface area contributed by atoms with Crippen LogP contribution in [-0.4, -0.2) is 49.0 Å². The summed E-state index contributed by atoms with van der Waals surface area (Å²) in [4.78, 5) is 57.7. The molecule has 2 N–H and O–H groups in total. The topological polar surface area (TPSA) is 125 Å². The smallest absolute Gasteiger partial charge is 0.329 e. The molecule has 0 spiro atoms. The van der Waals surface area contributed by atoms with Crippen LogP contribution in [0.5, 0.6) is 0 Å². The molecule has 0 bridgehead atoms. The third-order valence-corrected chi connectivity index (χ3v) is 5.04. The zero-order valence-electron chi connectivity index (χ0n) is 16.2. The van der Waals surface area contributed by atoms with Crippen LogP contribution in [0.2, 0.25) is 0 Å². The van der Waals surface area contributed by atoms with Gasteiger partial charge >= 0.3 is 11.7 Å². The van der Waals surface area contributed by atoms with Crippen LogP contribution in [-0.2, 0) is 11.3 Å². The number of likely N-dealkylation sites (tertiary alicyclic amines) is 1. The first-order chi connectivity index (χ1) is 13.3. The minimum Gasteiger partial charge on any atom is -0.480 e. The number of hydrogen-bond acceptors (Lipinski definition) is 5. The van der Waals surface area contributed by atoms with Crippen LogP contribution in [0.1, 0.15) is 62.0 Å². The van der Waals surface area contributed by atoms with Crippen LogP contribution in [0.15, 0.2) is 15.7 Å². The Morgan fingerprint density at radius 3 is 2.68 bits per heavy atom. The molecule has 9 heteroatoms. The van der Waals surface area contributed by atoms with Crippen LogP contribution in [0.4, 0.5) is 0 Å². The Balaban J connectivity index is 2.31. The van der Waals surface area contributed by atoms with E-state index in [-0.39, 0.29) is 22.5 Å². The lowest BCUT2D eigenvalue weighted by molar-refractivity contribution is -0.141. The van der Waals surface area contributed by atoms with Gasteiger partial charge in [-0.05, 0) is 31.2 Å². The van der Waals surface area contributed by atoms with Gasteiger partial charge in [-0.3, -0.25) is 19.1 Å². The molecule has 0 saturated carbocycles. The van der Waals surface area contributed by atoms with Crippen molar-refractivity contribution in [1.82, 2.24) is 19.4 Å². The first kappa shape index (κ1) is 19.8. The van der Waals surface area contributed by atoms with Crippen LogP contribution < -0.4 is 11.2 Å². The van der Waals surface area contributed by atoms with Crippen molar-refractivity contribution < 1.29 is 14.7 Å². The Morgan fingerprint density at radius 1 is 1.36 bits per heavy atom. The molecular formula is C19H24N4O5. The highest BCUT2D eigenvalue weighted by Crippen LogP contribution is 2.25. The molecule has 1 saturated heterocycles. The Kier molecular flexibility index (Phi) is 5.35. The van der Waals surface area contributed by atoms with E-state index in [0.29, 0.717) is 38.0 Å². The number of rotatable bonds is 5. The number of pyridine rings is 1. The molecular weight excluding hydrogens is 364 g/mol. The van der Waals surface area contributed by atoms with Gasteiger partial charge in [-0.2, -0.15) is 0 Å². The largest absolute Gasteiger partial charge is 0.480 e. The first-order valence-electron chi connectivity index (χ1n) is 9.47. The maximum Gasteiger partial charge on any atom is 0.329 e. The molecule has 0 aromatic carbocycles. The molecule has 150 valence electrons. The average Bonchev–Trinajstić information content (AvgIpc) is 3.13. The van der Waals surface area contributed by atoms with Gasteiger partial charge in [0.25, 0.3) is 11.5 Å². The van der Waals surface area contributed by atoms with Crippen molar-refractivity contribution in [2.45, 2.75) is 58.5 Å². The highest BCUT2D eigenvalue weighted by Gasteiger charge is 2.36. The molecule has 0 radical (unpaired) electrons. The highest BCUT2D eigenvalue weighted by molar-refractivity contribution is 6.06. The van der Waals surface area contributed by atoms with E-state index in [1.807, 2.05) is 20.8 Å². The minimum absolute atomic E-state index is 0.0264. The Labute approximate surface area is 161 Å². The van der Waals surface area contributed by atoms with Crippen LogP contribution in [0, 0.1) is 0 Å². The molecule has 2 aromatic heterocycles. The summed E-state index contributed by atoms with van der Waals surface area (Å²) in [7, 11) is 0. The van der Waals surface area contributed by atoms with E-state index in [0.717, 1.165) is 0 Å². The van der Waals surface area contributed by atoms with E-state index in [1.165, 1.54) is 9.47 Å². The Bertz CT molecular complexity index is 1050. The number of aliphatic carboxylic acids is 1. The molecule has 1 aliphatic rings. The van der Waals surface area contributed by atoms with Gasteiger partial charge in [0, 0.05) is 18.8 Å². The zero-order valence-corrected chi connectivity index (χ0v) is 16.2. The lowest BCUT2D eigenvalue weighted by Gasteiger charge is -2.23. The summed E-state index contributed by atoms with van der Waals surface area (Å²) >= 11 is 0. The van der Waals surface area contributed by atoms with Crippen molar-refractivity contribution in [3.05, 3.63) is 38.2 Å². The van der Waals surface area contributed by atoms with Gasteiger partial charge in [0.1, 0.15) is 6.04 Å². The average molecular weight is 388 g/mol. The van der Waals surface area contributed by atoms with E-state index < -0.39 is 29.2 Å². The van der Waals surface area contributed by atoms with Gasteiger partial charge in [0.15, 0.2) is 5.65 Å². The number of H-pyrrole nitrogens is 1. The normalized spacial score (nSPS) is 16.9. The summed E-state index contributed by atoms with van der Waals surface area (Å²) in [6.07, 6.45) is 1.60. The molecule has 9 nitrogen and oxygen atoms in total. The fourth-order valence-electron chi connectivity index (χ4n) is 3.61. The lowest BCUT2D eigenvalue weighted by atomic mass is 10.0. The molecule has 1 fully saturated rings. The summed E-state index contributed by atoms with van der Waals surface area (Å²) in [6.45, 7) is 6.34. The summed E-state index contributed by atoms with van der Waals surface area (Å²) in [5.41, 5.74) is -0.443. The third-order valence-electron chi connectivity index (χ3n) is 5.04. The number of aromatic amines is 1. The molecule has 28 heavy (non-hydrogen) atoms. The summed E-state index contributed by atoms with van der Waals surface area (Å²) < 4.78 is 1.36. The number of amides is 1. The number of carbonyl (C=O) groups is 2. The zero-order chi connectivity index (χ0) is 20.6. The monoisotopic (exact) mass is 388 g/mol. The number of carboxylic acid groups (broad SMARTS) is 1. The van der Waals surface area contributed by atoms with Crippen LogP contribution in [0.25, 0.3) is 11.0 Å². The molecule has 3 rings (SSSR count). The SMILES string of the molecule is CCCn1c(=O)[nH]c(=O)c2c(C(=O)N3CCC[C@H]3C(=O)O)cc(C(C)C)nc21. The van der Waals surface area contributed by atoms with E-state index in [4.69, 9.17) is 0 Å². The molecule has 3 heterocycles. The summed E-state index contributed by atoms with van der Waals surface area (Å²) in [5.74, 6) is -1.63. The number of nitrogens with zero attached hydrogens (tertiary/aromatic N) is 3. The van der Waals surface area contributed by atoms with Crippen LogP contribution >= 0.6 is 0 Å². The van der Waals surface area contributed by atoms with Gasteiger partial charge in [-0.15, -0.1) is 0 Å².